The Bertz CT molecular complexity index is 1650. The minimum atomic E-state index is -0.638. The van der Waals surface area contributed by atoms with Gasteiger partial charge in [-0.3, -0.25) is 4.79 Å². The number of hydrogen-bond acceptors (Lipinski definition) is 11. The Kier molecular flexibility index (Phi) is 7.53. The Balaban J connectivity index is 1.29. The molecule has 0 saturated heterocycles. The number of hydrogen-bond donors (Lipinski definition) is 2. The molecule has 0 spiro atoms. The molecule has 200 valence electrons. The van der Waals surface area contributed by atoms with Crippen LogP contribution in [0.3, 0.4) is 0 Å². The van der Waals surface area contributed by atoms with Gasteiger partial charge in [-0.2, -0.15) is 9.78 Å². The van der Waals surface area contributed by atoms with Gasteiger partial charge in [-0.05, 0) is 71.3 Å². The van der Waals surface area contributed by atoms with E-state index in [1.807, 2.05) is 24.3 Å². The molecule has 5 aromatic rings. The van der Waals surface area contributed by atoms with Crippen molar-refractivity contribution in [3.8, 4) is 17.3 Å². The molecule has 13 heteroatoms. The SMILES string of the molecule is C/C(=N/NC(=O)c1nnn(-c2nonc2N)c1COc1ccccc1)c1ccc(OC(=O)c2ccccc2)cc1. The van der Waals surface area contributed by atoms with Crippen molar-refractivity contribution in [1.82, 2.24) is 30.7 Å². The molecule has 0 saturated carbocycles. The molecular formula is C27H22N8O5. The molecule has 0 atom stereocenters. The van der Waals surface area contributed by atoms with Crippen LogP contribution in [0.1, 0.15) is 39.0 Å². The highest BCUT2D eigenvalue weighted by molar-refractivity contribution is 6.01. The number of hydrazone groups is 1. The third-order valence-electron chi connectivity index (χ3n) is 5.61. The number of benzene rings is 3. The van der Waals surface area contributed by atoms with Gasteiger partial charge in [0.1, 0.15) is 23.8 Å². The number of carbonyl (C=O) groups excluding carboxylic acids is 2. The topological polar surface area (TPSA) is 173 Å². The van der Waals surface area contributed by atoms with Crippen LogP contribution in [0.4, 0.5) is 5.82 Å². The van der Waals surface area contributed by atoms with E-state index in [2.05, 4.69) is 35.8 Å². The number of nitrogens with two attached hydrogens (primary N) is 1. The Labute approximate surface area is 227 Å². The molecule has 1 amide bonds. The molecule has 0 bridgehead atoms. The van der Waals surface area contributed by atoms with Crippen molar-refractivity contribution in [2.24, 2.45) is 5.10 Å². The molecular weight excluding hydrogens is 516 g/mol. The van der Waals surface area contributed by atoms with E-state index < -0.39 is 11.9 Å². The van der Waals surface area contributed by atoms with Crippen LogP contribution in [0.15, 0.2) is 94.7 Å². The molecule has 3 aromatic carbocycles. The van der Waals surface area contributed by atoms with Gasteiger partial charge in [0, 0.05) is 0 Å². The summed E-state index contributed by atoms with van der Waals surface area (Å²) < 4.78 is 17.1. The van der Waals surface area contributed by atoms with E-state index in [0.717, 1.165) is 0 Å². The Morgan fingerprint density at radius 1 is 0.925 bits per heavy atom. The number of aromatic nitrogens is 5. The molecule has 0 fully saturated rings. The van der Waals surface area contributed by atoms with Crippen molar-refractivity contribution < 1.29 is 23.7 Å². The lowest BCUT2D eigenvalue weighted by Crippen LogP contribution is -2.22. The van der Waals surface area contributed by atoms with Gasteiger partial charge in [0.25, 0.3) is 5.91 Å². The van der Waals surface area contributed by atoms with E-state index in [0.29, 0.717) is 28.3 Å². The summed E-state index contributed by atoms with van der Waals surface area (Å²) in [6.45, 7) is 1.63. The maximum absolute atomic E-state index is 13.1. The van der Waals surface area contributed by atoms with Gasteiger partial charge >= 0.3 is 5.97 Å². The van der Waals surface area contributed by atoms with Crippen LogP contribution in [-0.4, -0.2) is 42.9 Å². The van der Waals surface area contributed by atoms with Gasteiger partial charge in [0.05, 0.1) is 11.3 Å². The summed E-state index contributed by atoms with van der Waals surface area (Å²) in [4.78, 5) is 25.3. The molecule has 40 heavy (non-hydrogen) atoms. The molecule has 5 rings (SSSR count). The average molecular weight is 539 g/mol. The predicted octanol–water partition coefficient (Wildman–Crippen LogP) is 3.18. The van der Waals surface area contributed by atoms with Crippen molar-refractivity contribution in [2.75, 3.05) is 5.73 Å². The number of ether oxygens (including phenoxy) is 2. The Morgan fingerprint density at radius 3 is 2.30 bits per heavy atom. The Hall–Kier alpha value is -5.85. The van der Waals surface area contributed by atoms with Crippen LogP contribution in [-0.2, 0) is 6.61 Å². The van der Waals surface area contributed by atoms with E-state index >= 15 is 0 Å². The van der Waals surface area contributed by atoms with Crippen molar-refractivity contribution in [1.29, 1.82) is 0 Å². The number of rotatable bonds is 9. The fourth-order valence-electron chi connectivity index (χ4n) is 3.54. The Morgan fingerprint density at radius 2 is 1.62 bits per heavy atom. The van der Waals surface area contributed by atoms with Gasteiger partial charge in [0.2, 0.25) is 11.6 Å². The van der Waals surface area contributed by atoms with Crippen molar-refractivity contribution in [3.63, 3.8) is 0 Å². The van der Waals surface area contributed by atoms with Crippen LogP contribution < -0.4 is 20.6 Å². The molecule has 13 nitrogen and oxygen atoms in total. The second-order valence-electron chi connectivity index (χ2n) is 8.29. The van der Waals surface area contributed by atoms with E-state index in [-0.39, 0.29) is 29.6 Å². The summed E-state index contributed by atoms with van der Waals surface area (Å²) in [6.07, 6.45) is 0. The van der Waals surface area contributed by atoms with Crippen LogP contribution in [0, 0.1) is 0 Å². The zero-order valence-electron chi connectivity index (χ0n) is 21.1. The van der Waals surface area contributed by atoms with E-state index in [9.17, 15) is 9.59 Å². The molecule has 0 aliphatic rings. The molecule has 0 unspecified atom stereocenters. The zero-order chi connectivity index (χ0) is 27.9. The van der Waals surface area contributed by atoms with Gasteiger partial charge in [-0.25, -0.2) is 14.8 Å². The number of nitrogens with one attached hydrogen (secondary N) is 1. The van der Waals surface area contributed by atoms with E-state index in [4.69, 9.17) is 15.2 Å². The smallest absolute Gasteiger partial charge is 0.343 e. The molecule has 0 aliphatic heterocycles. The first-order valence-corrected chi connectivity index (χ1v) is 11.9. The van der Waals surface area contributed by atoms with Gasteiger partial charge < -0.3 is 15.2 Å². The first-order chi connectivity index (χ1) is 19.5. The summed E-state index contributed by atoms with van der Waals surface area (Å²) in [5.74, 6) is -0.138. The van der Waals surface area contributed by atoms with Crippen molar-refractivity contribution in [2.45, 2.75) is 13.5 Å². The fourth-order valence-corrected chi connectivity index (χ4v) is 3.54. The molecule has 0 radical (unpaired) electrons. The van der Waals surface area contributed by atoms with Gasteiger partial charge in [0.15, 0.2) is 5.69 Å². The number of amides is 1. The number of anilines is 1. The van der Waals surface area contributed by atoms with Crippen LogP contribution in [0.2, 0.25) is 0 Å². The van der Waals surface area contributed by atoms with Crippen LogP contribution in [0.25, 0.3) is 5.82 Å². The fraction of sp³-hybridized carbons (Fsp3) is 0.0741. The standard InChI is InChI=1S/C27H22N8O5/c1-17(18-12-14-21(15-13-18)39-27(37)19-8-4-2-5-9-19)29-31-26(36)23-22(16-38-20-10-6-3-7-11-20)35(34-30-23)25-24(28)32-40-33-25/h2-15H,16H2,1H3,(H2,28,32)(H,31,36)/b29-17-. The number of carbonyl (C=O) groups is 2. The quantitative estimate of drug-likeness (QED) is 0.123. The van der Waals surface area contributed by atoms with Gasteiger partial charge in [-0.15, -0.1) is 5.10 Å². The summed E-state index contributed by atoms with van der Waals surface area (Å²) in [6, 6.07) is 24.4. The maximum atomic E-state index is 13.1. The van der Waals surface area contributed by atoms with E-state index in [1.165, 1.54) is 4.68 Å². The normalized spacial score (nSPS) is 11.2. The molecule has 3 N–H and O–H groups in total. The highest BCUT2D eigenvalue weighted by Gasteiger charge is 2.24. The first kappa shape index (κ1) is 25.8. The second kappa shape index (κ2) is 11.7. The third-order valence-corrected chi connectivity index (χ3v) is 5.61. The van der Waals surface area contributed by atoms with Crippen LogP contribution >= 0.6 is 0 Å². The van der Waals surface area contributed by atoms with Crippen molar-refractivity contribution >= 4 is 23.4 Å². The molecule has 0 aliphatic carbocycles. The summed E-state index contributed by atoms with van der Waals surface area (Å²) in [7, 11) is 0. The van der Waals surface area contributed by atoms with Gasteiger partial charge in [-0.1, -0.05) is 41.6 Å². The lowest BCUT2D eigenvalue weighted by molar-refractivity contribution is 0.0734. The summed E-state index contributed by atoms with van der Waals surface area (Å²) in [5, 5.41) is 19.4. The minimum absolute atomic E-state index is 0.0374. The first-order valence-electron chi connectivity index (χ1n) is 11.9. The average Bonchev–Trinajstić information content (AvgIpc) is 3.61. The lowest BCUT2D eigenvalue weighted by atomic mass is 10.1. The van der Waals surface area contributed by atoms with E-state index in [1.54, 1.807) is 67.6 Å². The highest BCUT2D eigenvalue weighted by Crippen LogP contribution is 2.19. The maximum Gasteiger partial charge on any atom is 0.343 e. The van der Waals surface area contributed by atoms with Crippen molar-refractivity contribution in [3.05, 3.63) is 107 Å². The largest absolute Gasteiger partial charge is 0.487 e. The number of esters is 1. The summed E-state index contributed by atoms with van der Waals surface area (Å²) in [5.41, 5.74) is 10.1. The monoisotopic (exact) mass is 538 g/mol. The zero-order valence-corrected chi connectivity index (χ0v) is 21.1. The predicted molar refractivity (Wildman–Crippen MR) is 142 cm³/mol. The van der Waals surface area contributed by atoms with Crippen LogP contribution in [0.5, 0.6) is 11.5 Å². The second-order valence-corrected chi connectivity index (χ2v) is 8.29. The minimum Gasteiger partial charge on any atom is -0.487 e. The number of nitrogens with zero attached hydrogens (tertiary/aromatic N) is 6. The third kappa shape index (κ3) is 5.83. The molecule has 2 aromatic heterocycles. The molecule has 2 heterocycles. The number of para-hydroxylation sites is 1. The number of nitrogen functional groups attached to an aromatic ring is 1. The highest BCUT2D eigenvalue weighted by atomic mass is 16.6. The summed E-state index contributed by atoms with van der Waals surface area (Å²) >= 11 is 0. The lowest BCUT2D eigenvalue weighted by Gasteiger charge is -2.08.